The van der Waals surface area contributed by atoms with E-state index in [1.807, 2.05) is 55.5 Å². The standard InChI is InChI=1S/C25H30N6O2/c1-16-5-2-3-7-20(16)25(33)29-14-17-8-10-19(11-9-17)22-21(24(27)32)23(26)31(30-22)15-18-6-4-12-28-13-18/h2-3,5,7-11,18,28H,4,6,12-15,26H2,1H3,(H2,27,32)(H,29,33)/t18-/m1/s1. The maximum absolute atomic E-state index is 12.5. The van der Waals surface area contributed by atoms with Crippen molar-refractivity contribution in [2.75, 3.05) is 18.8 Å². The lowest BCUT2D eigenvalue weighted by molar-refractivity contribution is 0.0949. The Balaban J connectivity index is 1.49. The number of nitrogens with two attached hydrogens (primary N) is 2. The SMILES string of the molecule is Cc1ccccc1C(=O)NCc1ccc(-c2nn(C[C@@H]3CCCNC3)c(N)c2C(N)=O)cc1. The molecule has 2 aromatic carbocycles. The van der Waals surface area contributed by atoms with Gasteiger partial charge in [0.2, 0.25) is 0 Å². The van der Waals surface area contributed by atoms with Crippen LogP contribution in [0.15, 0.2) is 48.5 Å². The average molecular weight is 447 g/mol. The minimum atomic E-state index is -0.593. The third-order valence-electron chi connectivity index (χ3n) is 6.14. The van der Waals surface area contributed by atoms with Gasteiger partial charge in [-0.3, -0.25) is 9.59 Å². The van der Waals surface area contributed by atoms with Crippen molar-refractivity contribution in [3.63, 3.8) is 0 Å². The van der Waals surface area contributed by atoms with Gasteiger partial charge in [-0.15, -0.1) is 0 Å². The Kier molecular flexibility index (Phi) is 6.74. The molecule has 3 aromatic rings. The summed E-state index contributed by atoms with van der Waals surface area (Å²) in [5.74, 6) is 0.00779. The molecule has 1 saturated heterocycles. The molecule has 1 aliphatic heterocycles. The second-order valence-electron chi connectivity index (χ2n) is 8.56. The molecular weight excluding hydrogens is 416 g/mol. The van der Waals surface area contributed by atoms with E-state index in [9.17, 15) is 9.59 Å². The molecule has 4 rings (SSSR count). The fraction of sp³-hybridized carbons (Fsp3) is 0.320. The van der Waals surface area contributed by atoms with E-state index in [-0.39, 0.29) is 11.5 Å². The van der Waals surface area contributed by atoms with Gasteiger partial charge in [-0.25, -0.2) is 4.68 Å². The van der Waals surface area contributed by atoms with Crippen molar-refractivity contribution < 1.29 is 9.59 Å². The highest BCUT2D eigenvalue weighted by atomic mass is 16.2. The van der Waals surface area contributed by atoms with Gasteiger partial charge in [0, 0.05) is 24.2 Å². The van der Waals surface area contributed by atoms with Crippen molar-refractivity contribution in [1.82, 2.24) is 20.4 Å². The Morgan fingerprint density at radius 1 is 1.18 bits per heavy atom. The van der Waals surface area contributed by atoms with Crippen LogP contribution in [-0.2, 0) is 13.1 Å². The molecule has 1 aliphatic rings. The summed E-state index contributed by atoms with van der Waals surface area (Å²) in [6.45, 7) is 4.88. The number of aryl methyl sites for hydroxylation is 1. The molecule has 1 fully saturated rings. The highest BCUT2D eigenvalue weighted by Crippen LogP contribution is 2.28. The van der Waals surface area contributed by atoms with Crippen LogP contribution in [0.4, 0.5) is 5.82 Å². The van der Waals surface area contributed by atoms with Gasteiger partial charge in [0.1, 0.15) is 17.1 Å². The third-order valence-corrected chi connectivity index (χ3v) is 6.14. The molecule has 2 amide bonds. The van der Waals surface area contributed by atoms with Crippen molar-refractivity contribution in [2.24, 2.45) is 11.7 Å². The summed E-state index contributed by atoms with van der Waals surface area (Å²) >= 11 is 0. The molecule has 0 radical (unpaired) electrons. The quantitative estimate of drug-likeness (QED) is 0.443. The normalized spacial score (nSPS) is 15.8. The first-order chi connectivity index (χ1) is 15.9. The number of piperidine rings is 1. The number of carbonyl (C=O) groups is 2. The van der Waals surface area contributed by atoms with Crippen LogP contribution in [0, 0.1) is 12.8 Å². The van der Waals surface area contributed by atoms with Gasteiger partial charge < -0.3 is 22.1 Å². The second-order valence-corrected chi connectivity index (χ2v) is 8.56. The number of hydrogen-bond acceptors (Lipinski definition) is 5. The van der Waals surface area contributed by atoms with Crippen LogP contribution in [0.25, 0.3) is 11.3 Å². The lowest BCUT2D eigenvalue weighted by Gasteiger charge is -2.22. The van der Waals surface area contributed by atoms with Crippen LogP contribution in [0.2, 0.25) is 0 Å². The first-order valence-electron chi connectivity index (χ1n) is 11.2. The second kappa shape index (κ2) is 9.87. The lowest BCUT2D eigenvalue weighted by atomic mass is 10.00. The first kappa shape index (κ1) is 22.5. The van der Waals surface area contributed by atoms with Gasteiger partial charge in [-0.05, 0) is 56.0 Å². The zero-order valence-electron chi connectivity index (χ0n) is 18.8. The highest BCUT2D eigenvalue weighted by Gasteiger charge is 2.23. The molecule has 0 saturated carbocycles. The Bertz CT molecular complexity index is 1150. The zero-order valence-corrected chi connectivity index (χ0v) is 18.8. The van der Waals surface area contributed by atoms with Crippen molar-refractivity contribution in [1.29, 1.82) is 0 Å². The van der Waals surface area contributed by atoms with Crippen LogP contribution in [0.5, 0.6) is 0 Å². The topological polar surface area (TPSA) is 128 Å². The lowest BCUT2D eigenvalue weighted by Crippen LogP contribution is -2.32. The molecule has 172 valence electrons. The molecule has 0 bridgehead atoms. The molecule has 8 heteroatoms. The molecule has 0 unspecified atom stereocenters. The van der Waals surface area contributed by atoms with Gasteiger partial charge >= 0.3 is 0 Å². The van der Waals surface area contributed by atoms with Gasteiger partial charge in [-0.2, -0.15) is 5.10 Å². The minimum Gasteiger partial charge on any atom is -0.383 e. The van der Waals surface area contributed by atoms with Crippen LogP contribution < -0.4 is 22.1 Å². The average Bonchev–Trinajstić information content (AvgIpc) is 3.15. The summed E-state index contributed by atoms with van der Waals surface area (Å²) in [4.78, 5) is 24.6. The predicted molar refractivity (Wildman–Crippen MR) is 129 cm³/mol. The van der Waals surface area contributed by atoms with Gasteiger partial charge in [0.05, 0.1) is 0 Å². The molecule has 0 spiro atoms. The van der Waals surface area contributed by atoms with Gasteiger partial charge in [-0.1, -0.05) is 42.5 Å². The number of hydrogen-bond donors (Lipinski definition) is 4. The van der Waals surface area contributed by atoms with Crippen LogP contribution >= 0.6 is 0 Å². The Morgan fingerprint density at radius 2 is 1.94 bits per heavy atom. The largest absolute Gasteiger partial charge is 0.383 e. The number of primary amides is 1. The maximum atomic E-state index is 12.5. The Labute approximate surface area is 193 Å². The zero-order chi connectivity index (χ0) is 23.4. The third kappa shape index (κ3) is 5.06. The van der Waals surface area contributed by atoms with E-state index in [4.69, 9.17) is 11.5 Å². The summed E-state index contributed by atoms with van der Waals surface area (Å²) in [5.41, 5.74) is 15.9. The molecular formula is C25H30N6O2. The molecule has 1 atom stereocenters. The summed E-state index contributed by atoms with van der Waals surface area (Å²) < 4.78 is 1.70. The van der Waals surface area contributed by atoms with E-state index in [1.54, 1.807) is 4.68 Å². The number of aromatic nitrogens is 2. The van der Waals surface area contributed by atoms with Crippen LogP contribution in [-0.4, -0.2) is 34.7 Å². The van der Waals surface area contributed by atoms with E-state index in [2.05, 4.69) is 15.7 Å². The summed E-state index contributed by atoms with van der Waals surface area (Å²) in [6, 6.07) is 15.0. The number of amides is 2. The number of nitrogens with one attached hydrogen (secondary N) is 2. The van der Waals surface area contributed by atoms with Crippen molar-refractivity contribution in [3.05, 3.63) is 70.8 Å². The smallest absolute Gasteiger partial charge is 0.254 e. The minimum absolute atomic E-state index is 0.114. The van der Waals surface area contributed by atoms with E-state index in [0.717, 1.165) is 42.6 Å². The van der Waals surface area contributed by atoms with Crippen molar-refractivity contribution in [3.8, 4) is 11.3 Å². The molecule has 8 nitrogen and oxygen atoms in total. The Hall–Kier alpha value is -3.65. The summed E-state index contributed by atoms with van der Waals surface area (Å²) in [5, 5.41) is 11.0. The highest BCUT2D eigenvalue weighted by molar-refractivity contribution is 6.03. The fourth-order valence-electron chi connectivity index (χ4n) is 4.27. The Morgan fingerprint density at radius 3 is 2.61 bits per heavy atom. The number of carbonyl (C=O) groups excluding carboxylic acids is 2. The molecule has 1 aromatic heterocycles. The predicted octanol–water partition coefficient (Wildman–Crippen LogP) is 2.47. The van der Waals surface area contributed by atoms with E-state index in [1.165, 1.54) is 0 Å². The molecule has 2 heterocycles. The van der Waals surface area contributed by atoms with Crippen molar-refractivity contribution in [2.45, 2.75) is 32.9 Å². The number of nitrogen functional groups attached to an aromatic ring is 1. The number of nitrogens with zero attached hydrogens (tertiary/aromatic N) is 2. The van der Waals surface area contributed by atoms with Crippen LogP contribution in [0.3, 0.4) is 0 Å². The van der Waals surface area contributed by atoms with Crippen LogP contribution in [0.1, 0.15) is 44.7 Å². The number of benzene rings is 2. The maximum Gasteiger partial charge on any atom is 0.254 e. The summed E-state index contributed by atoms with van der Waals surface area (Å²) in [7, 11) is 0. The summed E-state index contributed by atoms with van der Waals surface area (Å²) in [6.07, 6.45) is 2.21. The van der Waals surface area contributed by atoms with E-state index < -0.39 is 5.91 Å². The number of rotatable bonds is 7. The fourth-order valence-corrected chi connectivity index (χ4v) is 4.27. The van der Waals surface area contributed by atoms with E-state index >= 15 is 0 Å². The first-order valence-corrected chi connectivity index (χ1v) is 11.2. The molecule has 0 aliphatic carbocycles. The molecule has 6 N–H and O–H groups in total. The van der Waals surface area contributed by atoms with E-state index in [0.29, 0.717) is 36.1 Å². The monoisotopic (exact) mass is 446 g/mol. The van der Waals surface area contributed by atoms with Gasteiger partial charge in [0.15, 0.2) is 0 Å². The molecule has 33 heavy (non-hydrogen) atoms. The number of anilines is 1. The van der Waals surface area contributed by atoms with Crippen molar-refractivity contribution >= 4 is 17.6 Å². The van der Waals surface area contributed by atoms with Gasteiger partial charge in [0.25, 0.3) is 11.8 Å².